The summed E-state index contributed by atoms with van der Waals surface area (Å²) >= 11 is 0. The normalized spacial score (nSPS) is 13.4. The Morgan fingerprint density at radius 3 is 2.38 bits per heavy atom. The number of nitrogens with zero attached hydrogens (tertiary/aromatic N) is 1. The van der Waals surface area contributed by atoms with Crippen molar-refractivity contribution in [1.82, 2.24) is 4.90 Å². The van der Waals surface area contributed by atoms with E-state index < -0.39 is 5.91 Å². The molecule has 0 aliphatic carbocycles. The number of hydrogen-bond acceptors (Lipinski definition) is 5. The van der Waals surface area contributed by atoms with Gasteiger partial charge in [-0.3, -0.25) is 14.5 Å². The van der Waals surface area contributed by atoms with E-state index in [0.29, 0.717) is 29.0 Å². The number of carbonyl (C=O) groups is 2. The number of phenolic OH excluding ortho intramolecular Hbond substituents is 1. The molecule has 0 saturated carbocycles. The SMILES string of the molecule is COc1cc(OC)cc(C(=O)N2CCc3cc(O)ccc3C2=O)c1. The first kappa shape index (κ1) is 15.9. The number of aromatic hydroxyl groups is 1. The molecule has 1 aliphatic heterocycles. The first-order valence-corrected chi connectivity index (χ1v) is 7.44. The Hall–Kier alpha value is -3.02. The zero-order chi connectivity index (χ0) is 17.3. The number of hydrogen-bond donors (Lipinski definition) is 1. The predicted octanol–water partition coefficient (Wildman–Crippen LogP) is 2.25. The molecule has 2 aromatic rings. The van der Waals surface area contributed by atoms with Crippen LogP contribution >= 0.6 is 0 Å². The van der Waals surface area contributed by atoms with Crippen molar-refractivity contribution >= 4 is 11.8 Å². The average Bonchev–Trinajstić information content (AvgIpc) is 2.60. The summed E-state index contributed by atoms with van der Waals surface area (Å²) in [4.78, 5) is 26.6. The third-order valence-corrected chi connectivity index (χ3v) is 4.01. The van der Waals surface area contributed by atoms with Crippen molar-refractivity contribution in [2.75, 3.05) is 20.8 Å². The molecule has 0 radical (unpaired) electrons. The predicted molar refractivity (Wildman–Crippen MR) is 86.7 cm³/mol. The van der Waals surface area contributed by atoms with Gasteiger partial charge in [-0.25, -0.2) is 0 Å². The van der Waals surface area contributed by atoms with Crippen LogP contribution in [0.2, 0.25) is 0 Å². The van der Waals surface area contributed by atoms with Gasteiger partial charge in [0, 0.05) is 23.7 Å². The number of amides is 2. The highest BCUT2D eigenvalue weighted by Crippen LogP contribution is 2.27. The summed E-state index contributed by atoms with van der Waals surface area (Å²) in [6, 6.07) is 9.35. The second kappa shape index (κ2) is 6.23. The molecule has 0 unspecified atom stereocenters. The molecule has 24 heavy (non-hydrogen) atoms. The van der Waals surface area contributed by atoms with Crippen LogP contribution in [0.1, 0.15) is 26.3 Å². The Labute approximate surface area is 139 Å². The van der Waals surface area contributed by atoms with Crippen LogP contribution in [-0.2, 0) is 6.42 Å². The highest BCUT2D eigenvalue weighted by atomic mass is 16.5. The van der Waals surface area contributed by atoms with Gasteiger partial charge in [-0.15, -0.1) is 0 Å². The first-order valence-electron chi connectivity index (χ1n) is 7.44. The highest BCUT2D eigenvalue weighted by molar-refractivity contribution is 6.11. The van der Waals surface area contributed by atoms with Gasteiger partial charge in [0.25, 0.3) is 11.8 Å². The largest absolute Gasteiger partial charge is 0.508 e. The molecule has 0 aromatic heterocycles. The fourth-order valence-electron chi connectivity index (χ4n) is 2.76. The molecule has 0 atom stereocenters. The number of benzene rings is 2. The van der Waals surface area contributed by atoms with E-state index >= 15 is 0 Å². The van der Waals surface area contributed by atoms with Crippen molar-refractivity contribution in [2.45, 2.75) is 6.42 Å². The Bertz CT molecular complexity index is 793. The van der Waals surface area contributed by atoms with Gasteiger partial charge in [-0.1, -0.05) is 0 Å². The lowest BCUT2D eigenvalue weighted by Crippen LogP contribution is -2.42. The fourth-order valence-corrected chi connectivity index (χ4v) is 2.76. The van der Waals surface area contributed by atoms with Gasteiger partial charge in [-0.2, -0.15) is 0 Å². The second-order valence-electron chi connectivity index (χ2n) is 5.45. The van der Waals surface area contributed by atoms with Crippen LogP contribution in [-0.4, -0.2) is 42.6 Å². The summed E-state index contributed by atoms with van der Waals surface area (Å²) in [6.45, 7) is 0.258. The molecule has 0 fully saturated rings. The first-order chi connectivity index (χ1) is 11.5. The standard InChI is InChI=1S/C18H17NO5/c1-23-14-8-12(9-15(10-14)24-2)17(21)19-6-5-11-7-13(20)3-4-16(11)18(19)22/h3-4,7-10,20H,5-6H2,1-2H3. The summed E-state index contributed by atoms with van der Waals surface area (Å²) in [5.41, 5.74) is 1.50. The van der Waals surface area contributed by atoms with Crippen molar-refractivity contribution in [3.63, 3.8) is 0 Å². The van der Waals surface area contributed by atoms with Crippen LogP contribution in [0.5, 0.6) is 17.2 Å². The van der Waals surface area contributed by atoms with Crippen LogP contribution in [0.3, 0.4) is 0 Å². The fraction of sp³-hybridized carbons (Fsp3) is 0.222. The number of ether oxygens (including phenoxy) is 2. The lowest BCUT2D eigenvalue weighted by Gasteiger charge is -2.27. The van der Waals surface area contributed by atoms with Gasteiger partial charge >= 0.3 is 0 Å². The molecular weight excluding hydrogens is 310 g/mol. The average molecular weight is 327 g/mol. The number of fused-ring (bicyclic) bond motifs is 1. The smallest absolute Gasteiger partial charge is 0.261 e. The second-order valence-corrected chi connectivity index (χ2v) is 5.45. The van der Waals surface area contributed by atoms with Crippen molar-refractivity contribution in [1.29, 1.82) is 0 Å². The van der Waals surface area contributed by atoms with E-state index in [1.165, 1.54) is 25.2 Å². The van der Waals surface area contributed by atoms with E-state index in [1.54, 1.807) is 30.3 Å². The maximum Gasteiger partial charge on any atom is 0.261 e. The van der Waals surface area contributed by atoms with Gasteiger partial charge < -0.3 is 14.6 Å². The molecular formula is C18H17NO5. The van der Waals surface area contributed by atoms with E-state index in [4.69, 9.17) is 9.47 Å². The molecule has 124 valence electrons. The third-order valence-electron chi connectivity index (χ3n) is 4.01. The van der Waals surface area contributed by atoms with E-state index in [-0.39, 0.29) is 18.2 Å². The van der Waals surface area contributed by atoms with Gasteiger partial charge in [0.2, 0.25) is 0 Å². The van der Waals surface area contributed by atoms with E-state index in [9.17, 15) is 14.7 Å². The third kappa shape index (κ3) is 2.78. The van der Waals surface area contributed by atoms with E-state index in [2.05, 4.69) is 0 Å². The maximum atomic E-state index is 12.8. The molecule has 6 nitrogen and oxygen atoms in total. The molecule has 0 saturated heterocycles. The minimum absolute atomic E-state index is 0.110. The van der Waals surface area contributed by atoms with Crippen LogP contribution in [0, 0.1) is 0 Å². The summed E-state index contributed by atoms with van der Waals surface area (Å²) in [5.74, 6) is 0.290. The van der Waals surface area contributed by atoms with Crippen molar-refractivity contribution < 1.29 is 24.2 Å². The Morgan fingerprint density at radius 1 is 1.08 bits per heavy atom. The summed E-state index contributed by atoms with van der Waals surface area (Å²) in [5, 5.41) is 9.52. The monoisotopic (exact) mass is 327 g/mol. The quantitative estimate of drug-likeness (QED) is 0.875. The molecule has 1 heterocycles. The van der Waals surface area contributed by atoms with Gasteiger partial charge in [0.1, 0.15) is 17.2 Å². The van der Waals surface area contributed by atoms with Crippen molar-refractivity contribution in [2.24, 2.45) is 0 Å². The Morgan fingerprint density at radius 2 is 1.75 bits per heavy atom. The number of methoxy groups -OCH3 is 2. The molecule has 3 rings (SSSR count). The lowest BCUT2D eigenvalue weighted by atomic mass is 9.98. The summed E-state index contributed by atoms with van der Waals surface area (Å²) in [6.07, 6.45) is 0.502. The minimum Gasteiger partial charge on any atom is -0.508 e. The zero-order valence-corrected chi connectivity index (χ0v) is 13.4. The molecule has 1 N–H and O–H groups in total. The van der Waals surface area contributed by atoms with Crippen LogP contribution in [0.4, 0.5) is 0 Å². The van der Waals surface area contributed by atoms with Crippen LogP contribution < -0.4 is 9.47 Å². The van der Waals surface area contributed by atoms with E-state index in [1.807, 2.05) is 0 Å². The number of carbonyl (C=O) groups excluding carboxylic acids is 2. The van der Waals surface area contributed by atoms with Crippen molar-refractivity contribution in [3.8, 4) is 17.2 Å². The molecule has 1 aliphatic rings. The highest BCUT2D eigenvalue weighted by Gasteiger charge is 2.30. The Balaban J connectivity index is 1.94. The molecule has 0 bridgehead atoms. The maximum absolute atomic E-state index is 12.8. The summed E-state index contributed by atoms with van der Waals surface area (Å²) in [7, 11) is 3.00. The molecule has 0 spiro atoms. The minimum atomic E-state index is -0.407. The zero-order valence-electron chi connectivity index (χ0n) is 13.4. The topological polar surface area (TPSA) is 76.1 Å². The number of imide groups is 1. The Kier molecular flexibility index (Phi) is 4.12. The lowest BCUT2D eigenvalue weighted by molar-refractivity contribution is 0.0604. The molecule has 2 amide bonds. The van der Waals surface area contributed by atoms with Gasteiger partial charge in [0.15, 0.2) is 0 Å². The van der Waals surface area contributed by atoms with Gasteiger partial charge in [-0.05, 0) is 42.3 Å². The van der Waals surface area contributed by atoms with Crippen LogP contribution in [0.15, 0.2) is 36.4 Å². The van der Waals surface area contributed by atoms with Crippen LogP contribution in [0.25, 0.3) is 0 Å². The summed E-state index contributed by atoms with van der Waals surface area (Å²) < 4.78 is 10.3. The van der Waals surface area contributed by atoms with Crippen molar-refractivity contribution in [3.05, 3.63) is 53.1 Å². The number of rotatable bonds is 3. The molecule has 6 heteroatoms. The molecule has 2 aromatic carbocycles. The van der Waals surface area contributed by atoms with E-state index in [0.717, 1.165) is 5.56 Å². The number of phenols is 1. The van der Waals surface area contributed by atoms with Gasteiger partial charge in [0.05, 0.1) is 14.2 Å².